The van der Waals surface area contributed by atoms with E-state index in [4.69, 9.17) is 155 Å². The minimum Gasteiger partial charge on any atom is -0.330 e. The third-order valence-corrected chi connectivity index (χ3v) is 33.0. The van der Waals surface area contributed by atoms with Gasteiger partial charge in [-0.1, -0.05) is 384 Å². The molecule has 756 valence electrons. The van der Waals surface area contributed by atoms with Gasteiger partial charge in [0.1, 0.15) is 0 Å². The lowest BCUT2D eigenvalue weighted by atomic mass is 10.5. The first-order valence-electron chi connectivity index (χ1n) is 59.1. The monoisotopic (exact) mass is 2210 g/mol. The van der Waals surface area contributed by atoms with Crippen molar-refractivity contribution in [3.8, 4) is 0 Å². The van der Waals surface area contributed by atoms with Crippen LogP contribution in [0.2, 0.25) is 0 Å². The highest BCUT2D eigenvalue weighted by Gasteiger charge is 1.92. The van der Waals surface area contributed by atoms with E-state index in [0.717, 1.165) is 91.0 Å². The fourth-order valence-corrected chi connectivity index (χ4v) is 21.2. The van der Waals surface area contributed by atoms with Crippen LogP contribution >= 0.6 is 259 Å². The molecule has 28 unspecified atom stereocenters. The second kappa shape index (κ2) is 238. The van der Waals surface area contributed by atoms with Gasteiger partial charge in [-0.05, 0) is 154 Å². The average molecular weight is 2210 g/mol. The highest BCUT2D eigenvalue weighted by Crippen LogP contribution is 2.26. The smallest absolute Gasteiger partial charge is 0.0434 e. The normalized spacial score (nSPS) is 21.9. The zero-order chi connectivity index (χ0) is 129. The molecule has 0 aromatic carbocycles. The van der Waals surface area contributed by atoms with Crippen LogP contribution < -0.4 is 103 Å². The van der Waals surface area contributed by atoms with Gasteiger partial charge in [0.25, 0.3) is 0 Å². The maximum atomic E-state index is 7.33. The second-order valence-corrected chi connectivity index (χ2v) is 46.3. The number of rotatable bonds is 66. The van der Waals surface area contributed by atoms with Crippen molar-refractivity contribution in [2.45, 2.75) is 240 Å². The largest absolute Gasteiger partial charge is 0.330 e. The molecule has 18 nitrogen and oxygen atoms in total. The van der Waals surface area contributed by atoms with Crippen molar-refractivity contribution in [1.82, 2.24) is 0 Å². The van der Waals surface area contributed by atoms with Gasteiger partial charge < -0.3 is 103 Å². The first kappa shape index (κ1) is 93.9. The van der Waals surface area contributed by atoms with Crippen LogP contribution in [0.5, 0.6) is 0 Å². The Morgan fingerprint density at radius 3 is 0.558 bits per heavy atom. The molecule has 0 saturated heterocycles. The lowest BCUT2D eigenvalue weighted by Crippen LogP contribution is -1.99. The average Bonchev–Trinajstić information content (AvgIpc) is 0.925. The Kier molecular flexibility index (Phi) is 186. The molecule has 0 aliphatic rings. The summed E-state index contributed by atoms with van der Waals surface area (Å²) in [6, 6.07) is 0. The molecule has 36 N–H and O–H groups in total. The van der Waals surface area contributed by atoms with Crippen LogP contribution in [0.25, 0.3) is 0 Å². The van der Waals surface area contributed by atoms with Gasteiger partial charge >= 0.3 is 0 Å². The molecular formula is C78H210N18S24. The van der Waals surface area contributed by atoms with Gasteiger partial charge in [-0.3, -0.25) is 0 Å². The molecule has 0 amide bonds. The molecule has 0 spiro atoms. The molecular weight excluding hydrogens is 1960 g/mol. The summed E-state index contributed by atoms with van der Waals surface area (Å²) in [7, 11) is 35.4. The summed E-state index contributed by atoms with van der Waals surface area (Å²) in [5.74, 6) is 9.99. The van der Waals surface area contributed by atoms with Crippen LogP contribution in [0.4, 0.5) is 0 Å². The summed E-state index contributed by atoms with van der Waals surface area (Å²) >= 11 is 0. The molecule has 42 heteroatoms. The molecule has 0 aromatic rings. The van der Waals surface area contributed by atoms with E-state index in [0.29, 0.717) is 62.2 Å². The van der Waals surface area contributed by atoms with E-state index < -0.39 is 132 Å². The van der Waals surface area contributed by atoms with Crippen molar-refractivity contribution in [2.24, 2.45) is 103 Å². The van der Waals surface area contributed by atoms with Crippen molar-refractivity contribution < 1.29 is 52.1 Å². The molecule has 0 heterocycles. The van der Waals surface area contributed by atoms with E-state index in [-0.39, 0.29) is 72.2 Å². The highest BCUT2D eigenvalue weighted by atomic mass is 33.1. The first-order valence-corrected chi connectivity index (χ1v) is 66.5. The fourth-order valence-electron chi connectivity index (χ4n) is 2.36. The quantitative estimate of drug-likeness (QED) is 0.0199. The van der Waals surface area contributed by atoms with Gasteiger partial charge in [0.05, 0.1) is 0 Å². The van der Waals surface area contributed by atoms with Gasteiger partial charge in [-0.15, -0.1) is 0 Å². The Bertz CT molecular complexity index is 2530. The van der Waals surface area contributed by atoms with Crippen LogP contribution in [-0.4, -0.2) is 255 Å². The molecule has 0 radical (unpaired) electrons. The van der Waals surface area contributed by atoms with Crippen molar-refractivity contribution in [1.29, 1.82) is 0 Å². The Morgan fingerprint density at radius 1 is 0.142 bits per heavy atom. The first-order chi connectivity index (χ1) is 72.3. The Labute approximate surface area is 901 Å². The van der Waals surface area contributed by atoms with Crippen molar-refractivity contribution in [3.05, 3.63) is 0 Å². The van der Waals surface area contributed by atoms with Crippen LogP contribution in [0.1, 0.15) is 292 Å². The standard InChI is InChI=1S/12C5H13NS2.6C3H9N/c12*1-2-4-7-8-5-3-6;6*1-2-3-4/h12*2-6H2,1H3;6*2-4H2,1H3/i3D,4D,5D;2D,4D,5D;2D,3D,5D;4D,5D;3D2,5D;3D,5D;3D,4D;2D,5D;2D,3D;5D;3D2;3D;2D2,3D;2D,3D2;2D,3D;3D2;3D;2D. The summed E-state index contributed by atoms with van der Waals surface area (Å²) in [5.41, 5.74) is 87.0. The summed E-state index contributed by atoms with van der Waals surface area (Å²) in [6.07, 6.45) is 5.72. The van der Waals surface area contributed by atoms with Crippen LogP contribution in [-0.2, 0) is 0 Å². The van der Waals surface area contributed by atoms with E-state index >= 15 is 0 Å². The van der Waals surface area contributed by atoms with E-state index in [1.165, 1.54) is 189 Å². The van der Waals surface area contributed by atoms with Crippen molar-refractivity contribution in [2.75, 3.05) is 255 Å². The maximum absolute atomic E-state index is 7.33. The zero-order valence-electron chi connectivity index (χ0n) is 114. The SMILES string of the molecule is [2H]C(C)C([2H])([2H])N.[2H]C(C)C([2H])N.[2H]C(C)CN.[2H]C(C)CSSC([2H])C([2H])N.[2H]C(C)CSSC([2H])CN.[2H]C(C)CSSCC([2H])N.[2H]C(CC)SSC([2H])C([2H])N.[2H]C(CC)SSC([2H])CN.[2H]C(CN)SSC([2H])C([2H])C.[2H]C(CN)SSCCC.[2H]C(N)C([2H])([2H])C.[2H]C(N)C([2H])SSCCC.[2H]C(N)CC.[2H]C(N)CSSC([2H])CC.[2H]C(N)CSSCCC.[2H]C(SSCCC)C([2H])([2H])N.[2H]C([2H])(N)CC.[2H]C([2H])(N)CSSCCC. The molecule has 0 aromatic heterocycles. The molecule has 0 aliphatic carbocycles. The second-order valence-electron chi connectivity index (χ2n) is 17.7. The summed E-state index contributed by atoms with van der Waals surface area (Å²) in [5, 5.41) is 0. The van der Waals surface area contributed by atoms with Crippen molar-refractivity contribution >= 4 is 259 Å². The van der Waals surface area contributed by atoms with E-state index in [1.807, 2.05) is 48.5 Å². The molecule has 0 rings (SSSR count). The third kappa shape index (κ3) is 360. The molecule has 0 saturated carbocycles. The van der Waals surface area contributed by atoms with Gasteiger partial charge in [0, 0.05) is 268 Å². The Hall–Kier alpha value is 7.68. The maximum Gasteiger partial charge on any atom is 0.0434 e. The molecule has 28 atom stereocenters. The lowest BCUT2D eigenvalue weighted by Gasteiger charge is -1.93. The Morgan fingerprint density at radius 2 is 0.358 bits per heavy atom. The van der Waals surface area contributed by atoms with Gasteiger partial charge in [0.15, 0.2) is 0 Å². The Balaban J connectivity index is -0.0000000824. The molecule has 0 aliphatic heterocycles. The minimum atomic E-state index is -1.88. The highest BCUT2D eigenvalue weighted by molar-refractivity contribution is 8.79. The van der Waals surface area contributed by atoms with Gasteiger partial charge in [0.2, 0.25) is 0 Å². The minimum absolute atomic E-state index is 0.0144. The van der Waals surface area contributed by atoms with Crippen LogP contribution in [0.15, 0.2) is 0 Å². The summed E-state index contributed by atoms with van der Waals surface area (Å²) in [4.78, 5) is 0. The molecule has 0 bridgehead atoms. The van der Waals surface area contributed by atoms with Gasteiger partial charge in [-0.25, -0.2) is 0 Å². The topological polar surface area (TPSA) is 468 Å². The van der Waals surface area contributed by atoms with E-state index in [2.05, 4.69) is 27.7 Å². The van der Waals surface area contributed by atoms with E-state index in [9.17, 15) is 0 Å². The predicted molar refractivity (Wildman–Crippen MR) is 647 cm³/mol. The molecule has 0 fully saturated rings. The van der Waals surface area contributed by atoms with E-state index in [1.54, 1.807) is 132 Å². The van der Waals surface area contributed by atoms with Crippen LogP contribution in [0, 0.1) is 0 Å². The third-order valence-electron chi connectivity index (χ3n) is 6.87. The lowest BCUT2D eigenvalue weighted by molar-refractivity contribution is 0.932. The number of nitrogens with two attached hydrogens (primary N) is 18. The predicted octanol–water partition coefficient (Wildman–Crippen LogP) is 23.0. The van der Waals surface area contributed by atoms with Gasteiger partial charge in [-0.2, -0.15) is 0 Å². The zero-order valence-corrected chi connectivity index (χ0v) is 95.5. The number of hydrogen-bond acceptors (Lipinski definition) is 42. The fraction of sp³-hybridized carbons (Fsp3) is 1.00. The summed E-state index contributed by atoms with van der Waals surface area (Å²) < 4.78 is 266. The number of hydrogen-bond donors (Lipinski definition) is 18. The van der Waals surface area contributed by atoms with Crippen molar-refractivity contribution in [3.63, 3.8) is 0 Å². The summed E-state index contributed by atoms with van der Waals surface area (Å²) in [6.45, 7) is 22.5. The van der Waals surface area contributed by atoms with Crippen LogP contribution in [0.3, 0.4) is 0 Å². The molecule has 120 heavy (non-hydrogen) atoms.